The van der Waals surface area contributed by atoms with Crippen LogP contribution in [0.5, 0.6) is 0 Å². The van der Waals surface area contributed by atoms with Crippen LogP contribution in [0.2, 0.25) is 0 Å². The van der Waals surface area contributed by atoms with Crippen LogP contribution in [-0.4, -0.2) is 28.1 Å². The molecule has 6 heteroatoms. The molecule has 6 nitrogen and oxygen atoms in total. The number of rotatable bonds is 3. The largest absolute Gasteiger partial charge is 0.309 e. The van der Waals surface area contributed by atoms with Crippen molar-refractivity contribution in [2.24, 2.45) is 0 Å². The van der Waals surface area contributed by atoms with Gasteiger partial charge < -0.3 is 4.57 Å². The highest BCUT2D eigenvalue weighted by Gasteiger charge is 2.22. The quantitative estimate of drug-likeness (QED) is 0.215. The predicted molar refractivity (Wildman–Crippen MR) is 178 cm³/mol. The van der Waals surface area contributed by atoms with Gasteiger partial charge in [0.15, 0.2) is 0 Å². The molecule has 4 aromatic heterocycles. The highest BCUT2D eigenvalue weighted by atomic mass is 15.3. The van der Waals surface area contributed by atoms with E-state index in [1.165, 1.54) is 21.8 Å². The van der Waals surface area contributed by atoms with Crippen molar-refractivity contribution in [3.05, 3.63) is 146 Å². The molecule has 0 aliphatic rings. The van der Waals surface area contributed by atoms with E-state index >= 15 is 0 Å². The van der Waals surface area contributed by atoms with Crippen LogP contribution in [0.3, 0.4) is 0 Å². The summed E-state index contributed by atoms with van der Waals surface area (Å²) in [6, 6.07) is 51.1. The van der Waals surface area contributed by atoms with Crippen LogP contribution in [0.25, 0.3) is 78.0 Å². The number of hydrogen-bond acceptors (Lipinski definition) is 2. The first-order chi connectivity index (χ1) is 21.8. The third-order valence-electron chi connectivity index (χ3n) is 8.80. The summed E-state index contributed by atoms with van der Waals surface area (Å²) in [5.41, 5.74) is 10.7. The van der Waals surface area contributed by atoms with Gasteiger partial charge in [0.1, 0.15) is 0 Å². The summed E-state index contributed by atoms with van der Waals surface area (Å²) in [6.07, 6.45) is 0. The van der Waals surface area contributed by atoms with Crippen molar-refractivity contribution in [1.29, 1.82) is 0 Å². The Morgan fingerprint density at radius 1 is 0.341 bits per heavy atom. The van der Waals surface area contributed by atoms with E-state index in [1.54, 1.807) is 0 Å². The second kappa shape index (κ2) is 8.69. The Morgan fingerprint density at radius 2 is 0.818 bits per heavy atom. The van der Waals surface area contributed by atoms with Crippen LogP contribution in [0.15, 0.2) is 146 Å². The molecule has 0 saturated heterocycles. The van der Waals surface area contributed by atoms with E-state index in [2.05, 4.69) is 152 Å². The maximum Gasteiger partial charge on any atom is 0.223 e. The lowest BCUT2D eigenvalue weighted by Crippen LogP contribution is -2.06. The first kappa shape index (κ1) is 23.4. The molecule has 0 aliphatic heterocycles. The van der Waals surface area contributed by atoms with Gasteiger partial charge in [-0.2, -0.15) is 0 Å². The van der Waals surface area contributed by atoms with Crippen molar-refractivity contribution in [2.45, 2.75) is 0 Å². The number of fused-ring (bicyclic) bond motifs is 9. The molecule has 6 aromatic carbocycles. The Balaban J connectivity index is 1.24. The summed E-state index contributed by atoms with van der Waals surface area (Å²) >= 11 is 0. The lowest BCUT2D eigenvalue weighted by atomic mass is 10.2. The van der Waals surface area contributed by atoms with Crippen molar-refractivity contribution >= 4 is 60.7 Å². The van der Waals surface area contributed by atoms with Crippen molar-refractivity contribution in [2.75, 3.05) is 0 Å². The summed E-state index contributed by atoms with van der Waals surface area (Å²) in [5.74, 6) is 1.64. The summed E-state index contributed by atoms with van der Waals surface area (Å²) in [6.45, 7) is 0. The molecule has 4 heterocycles. The van der Waals surface area contributed by atoms with Crippen LogP contribution in [0.4, 0.5) is 0 Å². The van der Waals surface area contributed by atoms with Crippen molar-refractivity contribution < 1.29 is 0 Å². The van der Waals surface area contributed by atoms with Crippen LogP contribution >= 0.6 is 0 Å². The molecule has 0 bridgehead atoms. The predicted octanol–water partition coefficient (Wildman–Crippen LogP) is 8.87. The minimum atomic E-state index is 0.803. The number of benzene rings is 6. The van der Waals surface area contributed by atoms with Gasteiger partial charge in [0, 0.05) is 22.1 Å². The molecule has 0 aliphatic carbocycles. The molecule has 0 spiro atoms. The molecule has 0 radical (unpaired) electrons. The molecule has 0 saturated carbocycles. The average molecular weight is 565 g/mol. The molecule has 0 fully saturated rings. The zero-order chi connectivity index (χ0) is 28.8. The van der Waals surface area contributed by atoms with Crippen molar-refractivity contribution in [1.82, 2.24) is 28.1 Å². The maximum atomic E-state index is 5.22. The first-order valence-corrected chi connectivity index (χ1v) is 14.8. The standard InChI is InChI=1S/C38H24N6/c1-5-15-31-27(11-1)28-12-2-6-16-32(28)41(31)25-21-23-26(24-22-25)42-33-17-7-3-13-29(33)39-37(42)44-36-20-10-9-19-35(36)43-34-18-8-4-14-30(34)40-38(43)44/h1-24H. The highest BCUT2D eigenvalue weighted by Crippen LogP contribution is 2.34. The van der Waals surface area contributed by atoms with Crippen molar-refractivity contribution in [3.8, 4) is 17.3 Å². The Morgan fingerprint density at radius 3 is 1.48 bits per heavy atom. The Hall–Kier alpha value is -6.14. The van der Waals surface area contributed by atoms with Crippen LogP contribution in [-0.2, 0) is 0 Å². The molecule has 206 valence electrons. The smallest absolute Gasteiger partial charge is 0.223 e. The number of aromatic nitrogens is 6. The minimum absolute atomic E-state index is 0.803. The van der Waals surface area contributed by atoms with Gasteiger partial charge in [0.25, 0.3) is 0 Å². The van der Waals surface area contributed by atoms with Gasteiger partial charge in [0.05, 0.1) is 44.1 Å². The molecule has 44 heavy (non-hydrogen) atoms. The Kier molecular flexibility index (Phi) is 4.63. The molecule has 0 N–H and O–H groups in total. The SMILES string of the molecule is c1ccc2c(c1)nc(-n1c3ccccc3n3c4ccccc4nc13)n2-c1ccc(-n2c3ccccc3c3ccccc32)cc1. The van der Waals surface area contributed by atoms with Gasteiger partial charge in [-0.15, -0.1) is 0 Å². The summed E-state index contributed by atoms with van der Waals surface area (Å²) in [7, 11) is 0. The fourth-order valence-electron chi connectivity index (χ4n) is 6.92. The van der Waals surface area contributed by atoms with E-state index in [0.717, 1.165) is 56.2 Å². The number of para-hydroxylation sites is 8. The minimum Gasteiger partial charge on any atom is -0.309 e. The molecular formula is C38H24N6. The molecular weight excluding hydrogens is 540 g/mol. The zero-order valence-corrected chi connectivity index (χ0v) is 23.5. The van der Waals surface area contributed by atoms with Crippen LogP contribution in [0, 0.1) is 0 Å². The molecule has 0 amide bonds. The Bertz CT molecular complexity index is 2660. The van der Waals surface area contributed by atoms with E-state index in [0.29, 0.717) is 0 Å². The monoisotopic (exact) mass is 564 g/mol. The zero-order valence-electron chi connectivity index (χ0n) is 23.5. The molecule has 10 rings (SSSR count). The van der Waals surface area contributed by atoms with E-state index in [9.17, 15) is 0 Å². The van der Waals surface area contributed by atoms with Gasteiger partial charge in [-0.05, 0) is 72.8 Å². The van der Waals surface area contributed by atoms with E-state index in [-0.39, 0.29) is 0 Å². The molecule has 0 unspecified atom stereocenters. The number of hydrogen-bond donors (Lipinski definition) is 0. The normalized spacial score (nSPS) is 12.1. The fourth-order valence-corrected chi connectivity index (χ4v) is 6.92. The van der Waals surface area contributed by atoms with Crippen LogP contribution in [0.1, 0.15) is 0 Å². The Labute approximate surface area is 251 Å². The topological polar surface area (TPSA) is 45.0 Å². The van der Waals surface area contributed by atoms with Gasteiger partial charge in [-0.25, -0.2) is 14.5 Å². The number of nitrogens with zero attached hydrogens (tertiary/aromatic N) is 6. The van der Waals surface area contributed by atoms with E-state index < -0.39 is 0 Å². The summed E-state index contributed by atoms with van der Waals surface area (Å²) in [5, 5.41) is 2.51. The molecule has 10 aromatic rings. The average Bonchev–Trinajstić information content (AvgIpc) is 3.82. The first-order valence-electron chi connectivity index (χ1n) is 14.8. The maximum absolute atomic E-state index is 5.22. The summed E-state index contributed by atoms with van der Waals surface area (Å²) in [4.78, 5) is 10.3. The van der Waals surface area contributed by atoms with Gasteiger partial charge in [-0.3, -0.25) is 8.97 Å². The lowest BCUT2D eigenvalue weighted by Gasteiger charge is -2.13. The molecule has 0 atom stereocenters. The van der Waals surface area contributed by atoms with Gasteiger partial charge in [-0.1, -0.05) is 72.8 Å². The van der Waals surface area contributed by atoms with Gasteiger partial charge in [0.2, 0.25) is 11.7 Å². The fraction of sp³-hybridized carbons (Fsp3) is 0. The van der Waals surface area contributed by atoms with Crippen molar-refractivity contribution in [3.63, 3.8) is 0 Å². The lowest BCUT2D eigenvalue weighted by molar-refractivity contribution is 0.937. The van der Waals surface area contributed by atoms with E-state index in [4.69, 9.17) is 9.97 Å². The van der Waals surface area contributed by atoms with Gasteiger partial charge >= 0.3 is 0 Å². The van der Waals surface area contributed by atoms with E-state index in [1.807, 2.05) is 12.1 Å². The van der Waals surface area contributed by atoms with Crippen LogP contribution < -0.4 is 0 Å². The second-order valence-corrected chi connectivity index (χ2v) is 11.2. The third-order valence-corrected chi connectivity index (χ3v) is 8.80. The number of imidazole rings is 3. The summed E-state index contributed by atoms with van der Waals surface area (Å²) < 4.78 is 9.02. The third kappa shape index (κ3) is 3.08. The highest BCUT2D eigenvalue weighted by molar-refractivity contribution is 6.09. The second-order valence-electron chi connectivity index (χ2n) is 11.2.